The zero-order valence-corrected chi connectivity index (χ0v) is 12.6. The lowest BCUT2D eigenvalue weighted by atomic mass is 10.1. The number of pyridine rings is 2. The number of nitrogens with one attached hydrogen (secondary N) is 1. The smallest absolute Gasteiger partial charge is 0.222 e. The number of rotatable bonds is 3. The molecule has 3 rings (SSSR count). The molecule has 0 aliphatic heterocycles. The van der Waals surface area contributed by atoms with Crippen molar-refractivity contribution in [1.82, 2.24) is 19.7 Å². The van der Waals surface area contributed by atoms with E-state index in [1.54, 1.807) is 30.1 Å². The van der Waals surface area contributed by atoms with Crippen molar-refractivity contribution in [2.75, 3.05) is 5.32 Å². The maximum atomic E-state index is 13.1. The summed E-state index contributed by atoms with van der Waals surface area (Å²) in [5.74, 6) is -0.138. The molecule has 1 amide bonds. The van der Waals surface area contributed by atoms with Crippen molar-refractivity contribution in [2.45, 2.75) is 6.92 Å². The number of carbonyl (C=O) groups excluding carboxylic acids is 1. The van der Waals surface area contributed by atoms with Gasteiger partial charge in [-0.15, -0.1) is 0 Å². The number of halogens is 1. The second-order valence-corrected chi connectivity index (χ2v) is 5.04. The molecule has 0 saturated carbocycles. The Morgan fingerprint density at radius 3 is 2.78 bits per heavy atom. The van der Waals surface area contributed by atoms with E-state index >= 15 is 0 Å². The number of carbonyl (C=O) groups is 1. The average Bonchev–Trinajstić information content (AvgIpc) is 2.89. The Morgan fingerprint density at radius 2 is 2.09 bits per heavy atom. The van der Waals surface area contributed by atoms with E-state index in [1.165, 1.54) is 13.0 Å². The van der Waals surface area contributed by atoms with Gasteiger partial charge in [-0.1, -0.05) is 0 Å². The Balaban J connectivity index is 2.07. The first kappa shape index (κ1) is 14.8. The van der Waals surface area contributed by atoms with Crippen molar-refractivity contribution in [3.8, 4) is 22.5 Å². The largest absolute Gasteiger partial charge is 0.311 e. The first-order valence-corrected chi connectivity index (χ1v) is 6.92. The van der Waals surface area contributed by atoms with E-state index in [2.05, 4.69) is 20.4 Å². The van der Waals surface area contributed by atoms with Crippen LogP contribution in [0.3, 0.4) is 0 Å². The Bertz CT molecular complexity index is 857. The van der Waals surface area contributed by atoms with Gasteiger partial charge < -0.3 is 5.32 Å². The molecule has 1 N–H and O–H groups in total. The van der Waals surface area contributed by atoms with E-state index in [1.807, 2.05) is 12.3 Å². The van der Waals surface area contributed by atoms with Gasteiger partial charge in [0.1, 0.15) is 17.3 Å². The zero-order valence-electron chi connectivity index (χ0n) is 12.6. The summed E-state index contributed by atoms with van der Waals surface area (Å²) in [4.78, 5) is 19.4. The van der Waals surface area contributed by atoms with Crippen molar-refractivity contribution in [1.29, 1.82) is 0 Å². The molecule has 0 saturated heterocycles. The molecule has 0 unspecified atom stereocenters. The van der Waals surface area contributed by atoms with Crippen LogP contribution in [0.25, 0.3) is 22.5 Å². The van der Waals surface area contributed by atoms with Gasteiger partial charge in [0.05, 0.1) is 11.9 Å². The molecule has 6 nitrogen and oxygen atoms in total. The van der Waals surface area contributed by atoms with Crippen molar-refractivity contribution in [3.63, 3.8) is 0 Å². The molecule has 0 atom stereocenters. The molecular weight excluding hydrogens is 297 g/mol. The molecule has 0 aliphatic carbocycles. The van der Waals surface area contributed by atoms with Gasteiger partial charge in [-0.05, 0) is 29.8 Å². The molecule has 0 aliphatic rings. The summed E-state index contributed by atoms with van der Waals surface area (Å²) in [7, 11) is 1.80. The van der Waals surface area contributed by atoms with Gasteiger partial charge >= 0.3 is 0 Å². The number of nitrogens with zero attached hydrogens (tertiary/aromatic N) is 4. The van der Waals surface area contributed by atoms with E-state index in [0.29, 0.717) is 17.2 Å². The normalized spacial score (nSPS) is 10.6. The van der Waals surface area contributed by atoms with Gasteiger partial charge in [0.15, 0.2) is 0 Å². The Hall–Kier alpha value is -3.09. The average molecular weight is 311 g/mol. The summed E-state index contributed by atoms with van der Waals surface area (Å²) >= 11 is 0. The molecule has 3 aromatic heterocycles. The van der Waals surface area contributed by atoms with Crippen LogP contribution in [0.1, 0.15) is 6.92 Å². The molecule has 0 radical (unpaired) electrons. The molecule has 116 valence electrons. The first-order chi connectivity index (χ1) is 11.0. The van der Waals surface area contributed by atoms with Crippen LogP contribution in [0.15, 0.2) is 42.9 Å². The topological polar surface area (TPSA) is 72.7 Å². The van der Waals surface area contributed by atoms with E-state index in [-0.39, 0.29) is 5.91 Å². The van der Waals surface area contributed by atoms with Crippen LogP contribution >= 0.6 is 0 Å². The van der Waals surface area contributed by atoms with Gasteiger partial charge in [0, 0.05) is 31.9 Å². The number of anilines is 1. The van der Waals surface area contributed by atoms with Crippen LogP contribution in [-0.2, 0) is 11.8 Å². The Morgan fingerprint density at radius 1 is 1.26 bits per heavy atom. The molecule has 3 aromatic rings. The van der Waals surface area contributed by atoms with Crippen molar-refractivity contribution in [2.24, 2.45) is 7.05 Å². The van der Waals surface area contributed by atoms with Crippen LogP contribution in [0.2, 0.25) is 0 Å². The summed E-state index contributed by atoms with van der Waals surface area (Å²) in [5, 5.41) is 7.05. The van der Waals surface area contributed by atoms with Crippen LogP contribution < -0.4 is 5.32 Å². The molecule has 0 bridgehead atoms. The predicted molar refractivity (Wildman–Crippen MR) is 83.9 cm³/mol. The highest BCUT2D eigenvalue weighted by molar-refractivity contribution is 5.89. The third-order valence-electron chi connectivity index (χ3n) is 3.17. The third-order valence-corrected chi connectivity index (χ3v) is 3.17. The van der Waals surface area contributed by atoms with E-state index < -0.39 is 5.82 Å². The maximum Gasteiger partial charge on any atom is 0.222 e. The quantitative estimate of drug-likeness (QED) is 0.807. The summed E-state index contributed by atoms with van der Waals surface area (Å²) in [5.41, 5.74) is 2.85. The van der Waals surface area contributed by atoms with Crippen molar-refractivity contribution in [3.05, 3.63) is 48.7 Å². The number of hydrogen-bond donors (Lipinski definition) is 1. The fraction of sp³-hybridized carbons (Fsp3) is 0.125. The summed E-state index contributed by atoms with van der Waals surface area (Å²) < 4.78 is 14.7. The molecular formula is C16H14FN5O. The second kappa shape index (κ2) is 5.96. The third kappa shape index (κ3) is 3.23. The molecule has 0 spiro atoms. The summed E-state index contributed by atoms with van der Waals surface area (Å²) in [6.45, 7) is 1.42. The number of amides is 1. The fourth-order valence-corrected chi connectivity index (χ4v) is 2.25. The van der Waals surface area contributed by atoms with Crippen LogP contribution in [-0.4, -0.2) is 25.7 Å². The van der Waals surface area contributed by atoms with Crippen molar-refractivity contribution < 1.29 is 9.18 Å². The van der Waals surface area contributed by atoms with E-state index in [9.17, 15) is 9.18 Å². The van der Waals surface area contributed by atoms with Crippen LogP contribution in [0.4, 0.5) is 10.2 Å². The zero-order chi connectivity index (χ0) is 16.4. The minimum absolute atomic E-state index is 0.193. The molecule has 23 heavy (non-hydrogen) atoms. The standard InChI is InChI=1S/C16H14FN5O/c1-10(23)20-15-7-11(5-6-18-15)13-9-22(2)21-16(13)14-4-3-12(17)8-19-14/h3-9H,1-2H3,(H,18,20,23). The number of aryl methyl sites for hydroxylation is 1. The van der Waals surface area contributed by atoms with Gasteiger partial charge in [0.2, 0.25) is 5.91 Å². The molecule has 0 fully saturated rings. The van der Waals surface area contributed by atoms with Crippen LogP contribution in [0, 0.1) is 5.82 Å². The predicted octanol–water partition coefficient (Wildman–Crippen LogP) is 2.64. The number of hydrogen-bond acceptors (Lipinski definition) is 4. The molecule has 0 aromatic carbocycles. The van der Waals surface area contributed by atoms with E-state index in [4.69, 9.17) is 0 Å². The lowest BCUT2D eigenvalue weighted by Gasteiger charge is -2.05. The fourth-order valence-electron chi connectivity index (χ4n) is 2.25. The highest BCUT2D eigenvalue weighted by Crippen LogP contribution is 2.30. The molecule has 3 heterocycles. The summed E-state index contributed by atoms with van der Waals surface area (Å²) in [6, 6.07) is 6.49. The lowest BCUT2D eigenvalue weighted by molar-refractivity contribution is -0.114. The highest BCUT2D eigenvalue weighted by Gasteiger charge is 2.14. The molecule has 7 heteroatoms. The first-order valence-electron chi connectivity index (χ1n) is 6.92. The maximum absolute atomic E-state index is 13.1. The van der Waals surface area contributed by atoms with E-state index in [0.717, 1.165) is 17.3 Å². The lowest BCUT2D eigenvalue weighted by Crippen LogP contribution is -2.07. The minimum Gasteiger partial charge on any atom is -0.311 e. The highest BCUT2D eigenvalue weighted by atomic mass is 19.1. The minimum atomic E-state index is -0.400. The van der Waals surface area contributed by atoms with Crippen molar-refractivity contribution >= 4 is 11.7 Å². The summed E-state index contributed by atoms with van der Waals surface area (Å²) in [6.07, 6.45) is 4.60. The van der Waals surface area contributed by atoms with Gasteiger partial charge in [0.25, 0.3) is 0 Å². The van der Waals surface area contributed by atoms with Crippen LogP contribution in [0.5, 0.6) is 0 Å². The monoisotopic (exact) mass is 311 g/mol. The van der Waals surface area contributed by atoms with Gasteiger partial charge in [-0.3, -0.25) is 14.5 Å². The SMILES string of the molecule is CC(=O)Nc1cc(-c2cn(C)nc2-c2ccc(F)cn2)ccn1. The number of aromatic nitrogens is 4. The Labute approximate surface area is 132 Å². The van der Waals surface area contributed by atoms with Gasteiger partial charge in [-0.2, -0.15) is 5.10 Å². The Kier molecular flexibility index (Phi) is 3.84. The van der Waals surface area contributed by atoms with Gasteiger partial charge in [-0.25, -0.2) is 9.37 Å². The second-order valence-electron chi connectivity index (χ2n) is 5.04.